The second-order valence-corrected chi connectivity index (χ2v) is 8.55. The van der Waals surface area contributed by atoms with Crippen molar-refractivity contribution >= 4 is 34.6 Å². The van der Waals surface area contributed by atoms with Gasteiger partial charge in [0, 0.05) is 11.3 Å². The quantitative estimate of drug-likeness (QED) is 0.608. The summed E-state index contributed by atoms with van der Waals surface area (Å²) >= 11 is 0. The molecule has 2 heterocycles. The molecule has 1 spiro atoms. The number of hydrogen-bond donors (Lipinski definition) is 2. The highest BCUT2D eigenvalue weighted by atomic mass is 16.3. The number of carbonyl (C=O) groups is 3. The van der Waals surface area contributed by atoms with Crippen molar-refractivity contribution in [2.24, 2.45) is 5.92 Å². The molecule has 1 aromatic heterocycles. The average Bonchev–Trinajstić information content (AvgIpc) is 3.32. The molecule has 1 aliphatic heterocycles. The van der Waals surface area contributed by atoms with Gasteiger partial charge in [0.05, 0.1) is 0 Å². The predicted octanol–water partition coefficient (Wildman–Crippen LogP) is 3.93. The van der Waals surface area contributed by atoms with Crippen LogP contribution in [0, 0.1) is 5.92 Å². The van der Waals surface area contributed by atoms with E-state index in [0.717, 1.165) is 35.2 Å². The third kappa shape index (κ3) is 3.41. The van der Waals surface area contributed by atoms with Crippen molar-refractivity contribution in [3.63, 3.8) is 0 Å². The van der Waals surface area contributed by atoms with E-state index in [0.29, 0.717) is 23.6 Å². The third-order valence-electron chi connectivity index (χ3n) is 6.51. The van der Waals surface area contributed by atoms with Crippen LogP contribution in [0.25, 0.3) is 22.6 Å². The summed E-state index contributed by atoms with van der Waals surface area (Å²) in [6.45, 7) is 1.67. The standard InChI is InChI=1S/C24H24N4O4/c1-15-6-4-5-13-24(15)22(30)28(23(31)27-24)14-20(29)25-17-11-9-16(10-12-17)21-26-18-7-2-3-8-19(18)32-21/h2-3,7-12,15H,4-6,13-14H2,1H3,(H,25,29)(H,27,31)/t15-,24-/m0/s1. The van der Waals surface area contributed by atoms with Crippen LogP contribution in [0.1, 0.15) is 32.6 Å². The Kier molecular flexibility index (Phi) is 4.92. The number of amides is 4. The number of hydrogen-bond acceptors (Lipinski definition) is 5. The molecule has 164 valence electrons. The van der Waals surface area contributed by atoms with Gasteiger partial charge in [-0.2, -0.15) is 0 Å². The van der Waals surface area contributed by atoms with Gasteiger partial charge in [0.15, 0.2) is 5.58 Å². The van der Waals surface area contributed by atoms with Gasteiger partial charge in [-0.1, -0.05) is 31.9 Å². The van der Waals surface area contributed by atoms with E-state index >= 15 is 0 Å². The van der Waals surface area contributed by atoms with Crippen molar-refractivity contribution in [3.8, 4) is 11.5 Å². The number of oxazole rings is 1. The van der Waals surface area contributed by atoms with Crippen LogP contribution in [0.4, 0.5) is 10.5 Å². The van der Waals surface area contributed by atoms with Crippen molar-refractivity contribution < 1.29 is 18.8 Å². The number of fused-ring (bicyclic) bond motifs is 1. The normalized spacial score (nSPS) is 23.0. The van der Waals surface area contributed by atoms with Crippen molar-refractivity contribution in [1.82, 2.24) is 15.2 Å². The van der Waals surface area contributed by atoms with Crippen LogP contribution in [0.2, 0.25) is 0 Å². The molecule has 0 bridgehead atoms. The summed E-state index contributed by atoms with van der Waals surface area (Å²) in [7, 11) is 0. The minimum Gasteiger partial charge on any atom is -0.436 e. The van der Waals surface area contributed by atoms with E-state index in [1.807, 2.05) is 31.2 Å². The summed E-state index contributed by atoms with van der Waals surface area (Å²) in [5.74, 6) is -0.171. The van der Waals surface area contributed by atoms with Gasteiger partial charge in [-0.05, 0) is 55.2 Å². The molecule has 32 heavy (non-hydrogen) atoms. The molecule has 3 aromatic rings. The Hall–Kier alpha value is -3.68. The largest absolute Gasteiger partial charge is 0.436 e. The summed E-state index contributed by atoms with van der Waals surface area (Å²) in [5.41, 5.74) is 1.96. The van der Waals surface area contributed by atoms with Crippen LogP contribution in [-0.2, 0) is 9.59 Å². The lowest BCUT2D eigenvalue weighted by molar-refractivity contribution is -0.136. The lowest BCUT2D eigenvalue weighted by atomic mass is 9.73. The number of carbonyl (C=O) groups excluding carboxylic acids is 3. The maximum absolute atomic E-state index is 13.0. The number of anilines is 1. The molecule has 2 atom stereocenters. The zero-order valence-electron chi connectivity index (χ0n) is 17.8. The summed E-state index contributed by atoms with van der Waals surface area (Å²) in [5, 5.41) is 5.62. The van der Waals surface area contributed by atoms with E-state index in [1.165, 1.54) is 0 Å². The molecular weight excluding hydrogens is 408 g/mol. The molecule has 2 fully saturated rings. The van der Waals surface area contributed by atoms with Gasteiger partial charge in [-0.15, -0.1) is 0 Å². The SMILES string of the molecule is C[C@H]1CCCC[C@]12NC(=O)N(CC(=O)Nc1ccc(-c3nc4ccccc4o3)cc1)C2=O. The van der Waals surface area contributed by atoms with E-state index in [1.54, 1.807) is 24.3 Å². The van der Waals surface area contributed by atoms with Gasteiger partial charge >= 0.3 is 6.03 Å². The Bertz CT molecular complexity index is 1170. The zero-order valence-corrected chi connectivity index (χ0v) is 17.8. The van der Waals surface area contributed by atoms with E-state index in [-0.39, 0.29) is 18.4 Å². The van der Waals surface area contributed by atoms with Gasteiger partial charge in [0.2, 0.25) is 11.8 Å². The van der Waals surface area contributed by atoms with Crippen molar-refractivity contribution in [1.29, 1.82) is 0 Å². The van der Waals surface area contributed by atoms with E-state index in [9.17, 15) is 14.4 Å². The summed E-state index contributed by atoms with van der Waals surface area (Å²) < 4.78 is 5.76. The summed E-state index contributed by atoms with van der Waals surface area (Å²) in [6.07, 6.45) is 3.45. The maximum Gasteiger partial charge on any atom is 0.325 e. The monoisotopic (exact) mass is 432 g/mol. The fourth-order valence-corrected chi connectivity index (χ4v) is 4.67. The van der Waals surface area contributed by atoms with Gasteiger partial charge in [0.1, 0.15) is 17.6 Å². The lowest BCUT2D eigenvalue weighted by Crippen LogP contribution is -2.54. The Morgan fingerprint density at radius 3 is 2.72 bits per heavy atom. The third-order valence-corrected chi connectivity index (χ3v) is 6.51. The molecule has 2 aliphatic rings. The number of benzene rings is 2. The first kappa shape index (κ1) is 20.2. The lowest BCUT2D eigenvalue weighted by Gasteiger charge is -2.36. The molecule has 1 saturated heterocycles. The number of nitrogens with one attached hydrogen (secondary N) is 2. The second-order valence-electron chi connectivity index (χ2n) is 8.55. The molecule has 8 heteroatoms. The van der Waals surface area contributed by atoms with Crippen LogP contribution in [0.15, 0.2) is 52.9 Å². The molecule has 0 radical (unpaired) electrons. The highest BCUT2D eigenvalue weighted by Gasteiger charge is 2.55. The molecule has 2 aromatic carbocycles. The Morgan fingerprint density at radius 2 is 1.97 bits per heavy atom. The Labute approximate surface area is 185 Å². The van der Waals surface area contributed by atoms with Gasteiger partial charge in [-0.3, -0.25) is 14.5 Å². The van der Waals surface area contributed by atoms with E-state index in [4.69, 9.17) is 4.42 Å². The fourth-order valence-electron chi connectivity index (χ4n) is 4.67. The molecule has 1 saturated carbocycles. The molecule has 4 amide bonds. The van der Waals surface area contributed by atoms with Crippen LogP contribution in [0.5, 0.6) is 0 Å². The molecule has 0 unspecified atom stereocenters. The number of para-hydroxylation sites is 2. The van der Waals surface area contributed by atoms with E-state index < -0.39 is 17.5 Å². The van der Waals surface area contributed by atoms with Crippen LogP contribution >= 0.6 is 0 Å². The predicted molar refractivity (Wildman–Crippen MR) is 119 cm³/mol. The minimum absolute atomic E-state index is 0.0557. The van der Waals surface area contributed by atoms with Gasteiger partial charge < -0.3 is 15.1 Å². The smallest absolute Gasteiger partial charge is 0.325 e. The fraction of sp³-hybridized carbons (Fsp3) is 0.333. The highest BCUT2D eigenvalue weighted by Crippen LogP contribution is 2.38. The number of rotatable bonds is 4. The maximum atomic E-state index is 13.0. The second kappa shape index (κ2) is 7.78. The first-order valence-corrected chi connectivity index (χ1v) is 10.9. The number of imide groups is 1. The minimum atomic E-state index is -0.864. The van der Waals surface area contributed by atoms with E-state index in [2.05, 4.69) is 15.6 Å². The number of urea groups is 1. The molecular formula is C24H24N4O4. The zero-order chi connectivity index (χ0) is 22.3. The summed E-state index contributed by atoms with van der Waals surface area (Å²) in [6, 6.07) is 14.1. The van der Waals surface area contributed by atoms with Crippen LogP contribution in [-0.4, -0.2) is 39.8 Å². The van der Waals surface area contributed by atoms with Gasteiger partial charge in [0.25, 0.3) is 5.91 Å². The molecule has 1 aliphatic carbocycles. The Morgan fingerprint density at radius 1 is 1.19 bits per heavy atom. The van der Waals surface area contributed by atoms with Crippen molar-refractivity contribution in [3.05, 3.63) is 48.5 Å². The summed E-state index contributed by atoms with van der Waals surface area (Å²) in [4.78, 5) is 43.5. The molecule has 2 N–H and O–H groups in total. The van der Waals surface area contributed by atoms with Crippen molar-refractivity contribution in [2.45, 2.75) is 38.1 Å². The number of nitrogens with zero attached hydrogens (tertiary/aromatic N) is 2. The topological polar surface area (TPSA) is 105 Å². The molecule has 8 nitrogen and oxygen atoms in total. The molecule has 5 rings (SSSR count). The van der Waals surface area contributed by atoms with Crippen molar-refractivity contribution in [2.75, 3.05) is 11.9 Å². The van der Waals surface area contributed by atoms with Gasteiger partial charge in [-0.25, -0.2) is 9.78 Å². The average molecular weight is 432 g/mol. The first-order valence-electron chi connectivity index (χ1n) is 10.9. The Balaban J connectivity index is 1.25. The van der Waals surface area contributed by atoms with Crippen LogP contribution in [0.3, 0.4) is 0 Å². The highest BCUT2D eigenvalue weighted by molar-refractivity contribution is 6.10. The first-order chi connectivity index (χ1) is 15.5. The number of aromatic nitrogens is 1. The van der Waals surface area contributed by atoms with Crippen LogP contribution < -0.4 is 10.6 Å².